The average Bonchev–Trinajstić information content (AvgIpc) is 3.16. The molecule has 0 fully saturated rings. The van der Waals surface area contributed by atoms with E-state index < -0.39 is 0 Å². The average molecular weight is 414 g/mol. The lowest BCUT2D eigenvalue weighted by molar-refractivity contribution is -0.149. The third kappa shape index (κ3) is 8.15. The van der Waals surface area contributed by atoms with Gasteiger partial charge in [-0.25, -0.2) is 9.37 Å². The van der Waals surface area contributed by atoms with Gasteiger partial charge in [0.1, 0.15) is 17.7 Å². The number of aromatic amines is 1. The van der Waals surface area contributed by atoms with Crippen molar-refractivity contribution in [1.82, 2.24) is 15.2 Å². The summed E-state index contributed by atoms with van der Waals surface area (Å²) in [6.07, 6.45) is 9.27. The molecule has 1 unspecified atom stereocenters. The fourth-order valence-electron chi connectivity index (χ4n) is 2.65. The number of hydrogen-bond donors (Lipinski definition) is 1. The van der Waals surface area contributed by atoms with Crippen LogP contribution in [-0.4, -0.2) is 21.2 Å². The van der Waals surface area contributed by atoms with Crippen LogP contribution in [0.5, 0.6) is 0 Å². The highest BCUT2D eigenvalue weighted by Crippen LogP contribution is 2.25. The molecule has 0 saturated heterocycles. The van der Waals surface area contributed by atoms with E-state index in [1.807, 2.05) is 39.0 Å². The van der Waals surface area contributed by atoms with E-state index in [2.05, 4.69) is 21.8 Å². The molecule has 1 N–H and O–H groups in total. The number of ether oxygens (including phenoxy) is 1. The number of rotatable bonds is 8. The summed E-state index contributed by atoms with van der Waals surface area (Å²) in [5.74, 6) is 1.07. The Morgan fingerprint density at radius 2 is 2.07 bits per heavy atom. The molecule has 0 amide bonds. The molecule has 0 aliphatic rings. The molecule has 2 aromatic rings. The Bertz CT molecular complexity index is 884. The molecule has 0 bridgehead atoms. The van der Waals surface area contributed by atoms with Crippen LogP contribution in [0.1, 0.15) is 68.9 Å². The van der Waals surface area contributed by atoms with Crippen LogP contribution in [0.4, 0.5) is 4.39 Å². The number of benzene rings is 1. The van der Waals surface area contributed by atoms with Crippen LogP contribution in [0.2, 0.25) is 0 Å². The Labute approximate surface area is 178 Å². The molecule has 1 heterocycles. The number of carbonyl (C=O) groups excluding carboxylic acids is 1. The first-order chi connectivity index (χ1) is 14.4. The number of nitrogens with zero attached hydrogens (tertiary/aromatic N) is 2. The van der Waals surface area contributed by atoms with Crippen LogP contribution < -0.4 is 0 Å². The molecule has 0 aliphatic carbocycles. The van der Waals surface area contributed by atoms with Crippen LogP contribution in [0.15, 0.2) is 49.1 Å². The molecule has 0 spiro atoms. The second-order valence-electron chi connectivity index (χ2n) is 6.73. The van der Waals surface area contributed by atoms with Crippen LogP contribution in [0.25, 0.3) is 5.57 Å². The van der Waals surface area contributed by atoms with Gasteiger partial charge in [0.05, 0.1) is 0 Å². The molecule has 0 aliphatic heterocycles. The SMILES string of the molecule is C=C/C=C(\C=C/C)c1n[nH]c(C)n1.CCCC(OC(=O)CC)c1ccc(F)c(C)c1. The number of esters is 1. The Morgan fingerprint density at radius 3 is 2.57 bits per heavy atom. The first-order valence-electron chi connectivity index (χ1n) is 10.2. The fraction of sp³-hybridized carbons (Fsp3) is 0.375. The molecule has 2 rings (SSSR count). The third-order valence-corrected chi connectivity index (χ3v) is 4.17. The minimum atomic E-state index is -0.258. The number of aromatic nitrogens is 3. The van der Waals surface area contributed by atoms with Gasteiger partial charge >= 0.3 is 5.97 Å². The van der Waals surface area contributed by atoms with Gasteiger partial charge in [0.25, 0.3) is 0 Å². The Balaban J connectivity index is 0.000000311. The van der Waals surface area contributed by atoms with Crippen molar-refractivity contribution in [3.63, 3.8) is 0 Å². The molecular formula is C24H32FN3O2. The van der Waals surface area contributed by atoms with Gasteiger partial charge in [-0.1, -0.05) is 57.2 Å². The van der Waals surface area contributed by atoms with E-state index in [1.165, 1.54) is 6.07 Å². The number of carbonyl (C=O) groups is 1. The minimum absolute atomic E-state index is 0.217. The predicted molar refractivity (Wildman–Crippen MR) is 119 cm³/mol. The largest absolute Gasteiger partial charge is 0.457 e. The summed E-state index contributed by atoms with van der Waals surface area (Å²) in [4.78, 5) is 15.5. The highest BCUT2D eigenvalue weighted by atomic mass is 19.1. The number of hydrogen-bond acceptors (Lipinski definition) is 4. The highest BCUT2D eigenvalue weighted by Gasteiger charge is 2.15. The van der Waals surface area contributed by atoms with Crippen molar-refractivity contribution < 1.29 is 13.9 Å². The normalized spacial score (nSPS) is 12.3. The molecule has 162 valence electrons. The number of nitrogens with one attached hydrogen (secondary N) is 1. The number of allylic oxidation sites excluding steroid dienone is 5. The van der Waals surface area contributed by atoms with Crippen LogP contribution in [0.3, 0.4) is 0 Å². The lowest BCUT2D eigenvalue weighted by Crippen LogP contribution is -2.10. The van der Waals surface area contributed by atoms with E-state index in [0.29, 0.717) is 17.8 Å². The van der Waals surface area contributed by atoms with Crippen molar-refractivity contribution >= 4 is 11.5 Å². The quantitative estimate of drug-likeness (QED) is 0.414. The van der Waals surface area contributed by atoms with Crippen LogP contribution in [-0.2, 0) is 9.53 Å². The molecule has 30 heavy (non-hydrogen) atoms. The molecule has 1 atom stereocenters. The third-order valence-electron chi connectivity index (χ3n) is 4.17. The van der Waals surface area contributed by atoms with Gasteiger partial charge in [-0.2, -0.15) is 5.10 Å². The molecule has 0 saturated carbocycles. The Kier molecular flexibility index (Phi) is 11.0. The molecule has 1 aromatic carbocycles. The number of H-pyrrole nitrogens is 1. The van der Waals surface area contributed by atoms with Crippen molar-refractivity contribution in [3.8, 4) is 0 Å². The molecule has 1 aromatic heterocycles. The second kappa shape index (κ2) is 13.2. The van der Waals surface area contributed by atoms with E-state index in [0.717, 1.165) is 29.8 Å². The second-order valence-corrected chi connectivity index (χ2v) is 6.73. The standard InChI is InChI=1S/C14H19FO2.C10H13N3/c1-4-6-13(17-14(16)5-2)11-7-8-12(15)10(3)9-11;1-4-6-9(7-5-2)10-11-8(3)12-13-10/h7-9,13H,4-6H2,1-3H3;4-7H,1H2,2-3H3,(H,11,12,13)/b;7-5-,9-6+. The van der Waals surface area contributed by atoms with Gasteiger partial charge in [0.2, 0.25) is 0 Å². The lowest BCUT2D eigenvalue weighted by atomic mass is 10.0. The molecule has 5 nitrogen and oxygen atoms in total. The van der Waals surface area contributed by atoms with E-state index >= 15 is 0 Å². The maximum atomic E-state index is 13.2. The summed E-state index contributed by atoms with van der Waals surface area (Å²) in [7, 11) is 0. The first kappa shape index (κ1) is 25.0. The predicted octanol–water partition coefficient (Wildman–Crippen LogP) is 6.19. The van der Waals surface area contributed by atoms with E-state index in [1.54, 1.807) is 32.1 Å². The van der Waals surface area contributed by atoms with Crippen molar-refractivity contribution in [2.75, 3.05) is 0 Å². The Hall–Kier alpha value is -3.02. The maximum Gasteiger partial charge on any atom is 0.306 e. The van der Waals surface area contributed by atoms with Gasteiger partial charge in [-0.3, -0.25) is 9.89 Å². The van der Waals surface area contributed by atoms with Crippen molar-refractivity contribution in [3.05, 3.63) is 77.7 Å². The van der Waals surface area contributed by atoms with Crippen molar-refractivity contribution in [2.24, 2.45) is 0 Å². The number of aryl methyl sites for hydroxylation is 2. The fourth-order valence-corrected chi connectivity index (χ4v) is 2.65. The topological polar surface area (TPSA) is 67.9 Å². The van der Waals surface area contributed by atoms with Gasteiger partial charge in [0, 0.05) is 12.0 Å². The van der Waals surface area contributed by atoms with E-state index in [4.69, 9.17) is 4.74 Å². The lowest BCUT2D eigenvalue weighted by Gasteiger charge is -2.18. The summed E-state index contributed by atoms with van der Waals surface area (Å²) in [6.45, 7) is 13.0. The summed E-state index contributed by atoms with van der Waals surface area (Å²) in [5, 5.41) is 6.85. The minimum Gasteiger partial charge on any atom is -0.457 e. The smallest absolute Gasteiger partial charge is 0.306 e. The van der Waals surface area contributed by atoms with E-state index in [9.17, 15) is 9.18 Å². The molecule has 6 heteroatoms. The summed E-state index contributed by atoms with van der Waals surface area (Å²) in [6, 6.07) is 4.86. The van der Waals surface area contributed by atoms with E-state index in [-0.39, 0.29) is 17.9 Å². The highest BCUT2D eigenvalue weighted by molar-refractivity contribution is 5.70. The Morgan fingerprint density at radius 1 is 1.33 bits per heavy atom. The van der Waals surface area contributed by atoms with Crippen LogP contribution in [0, 0.1) is 19.7 Å². The van der Waals surface area contributed by atoms with Gasteiger partial charge in [-0.05, 0) is 50.5 Å². The van der Waals surface area contributed by atoms with Gasteiger partial charge in [-0.15, -0.1) is 0 Å². The van der Waals surface area contributed by atoms with Gasteiger partial charge < -0.3 is 4.74 Å². The zero-order valence-corrected chi connectivity index (χ0v) is 18.5. The zero-order chi connectivity index (χ0) is 22.5. The monoisotopic (exact) mass is 413 g/mol. The summed E-state index contributed by atoms with van der Waals surface area (Å²) < 4.78 is 18.5. The summed E-state index contributed by atoms with van der Waals surface area (Å²) in [5.41, 5.74) is 2.41. The maximum absolute atomic E-state index is 13.2. The first-order valence-corrected chi connectivity index (χ1v) is 10.2. The molecular weight excluding hydrogens is 381 g/mol. The zero-order valence-electron chi connectivity index (χ0n) is 18.5. The number of halogens is 1. The van der Waals surface area contributed by atoms with Crippen molar-refractivity contribution in [2.45, 2.75) is 60.0 Å². The van der Waals surface area contributed by atoms with Crippen LogP contribution >= 0.6 is 0 Å². The summed E-state index contributed by atoms with van der Waals surface area (Å²) >= 11 is 0. The van der Waals surface area contributed by atoms with Gasteiger partial charge in [0.15, 0.2) is 5.82 Å². The molecule has 0 radical (unpaired) electrons. The van der Waals surface area contributed by atoms with Crippen molar-refractivity contribution in [1.29, 1.82) is 0 Å².